The van der Waals surface area contributed by atoms with Gasteiger partial charge in [0.25, 0.3) is 0 Å². The summed E-state index contributed by atoms with van der Waals surface area (Å²) in [6, 6.07) is 9.01. The molecule has 0 atom stereocenters. The van der Waals surface area contributed by atoms with Gasteiger partial charge in [-0.1, -0.05) is 6.07 Å². The molecule has 1 aliphatic heterocycles. The fourth-order valence-corrected chi connectivity index (χ4v) is 2.93. The number of fused-ring (bicyclic) bond motifs is 1. The van der Waals surface area contributed by atoms with Crippen LogP contribution in [-0.4, -0.2) is 35.3 Å². The molecular formula is C19H20FN3O4. The van der Waals surface area contributed by atoms with Crippen molar-refractivity contribution in [2.75, 3.05) is 23.8 Å². The van der Waals surface area contributed by atoms with E-state index in [1.165, 1.54) is 23.1 Å². The van der Waals surface area contributed by atoms with Crippen LogP contribution in [0.5, 0.6) is 5.75 Å². The molecular weight excluding hydrogens is 353 g/mol. The molecule has 3 rings (SSSR count). The Bertz CT molecular complexity index is 872. The number of benzene rings is 2. The van der Waals surface area contributed by atoms with E-state index in [1.807, 2.05) is 12.1 Å². The van der Waals surface area contributed by atoms with Crippen molar-refractivity contribution in [3.63, 3.8) is 0 Å². The molecule has 7 nitrogen and oxygen atoms in total. The van der Waals surface area contributed by atoms with Gasteiger partial charge in [0.1, 0.15) is 0 Å². The van der Waals surface area contributed by atoms with Crippen molar-refractivity contribution in [1.29, 1.82) is 0 Å². The fraction of sp³-hybridized carbons (Fsp3) is 0.263. The number of carbonyl (C=O) groups excluding carboxylic acids is 1. The van der Waals surface area contributed by atoms with Gasteiger partial charge in [-0.25, -0.2) is 14.0 Å². The second-order valence-corrected chi connectivity index (χ2v) is 6.09. The van der Waals surface area contributed by atoms with Crippen LogP contribution in [-0.2, 0) is 13.0 Å². The number of nitrogens with zero attached hydrogens (tertiary/aromatic N) is 1. The highest BCUT2D eigenvalue weighted by Crippen LogP contribution is 2.24. The summed E-state index contributed by atoms with van der Waals surface area (Å²) >= 11 is 0. The van der Waals surface area contributed by atoms with Crippen LogP contribution >= 0.6 is 0 Å². The first-order valence-electron chi connectivity index (χ1n) is 8.56. The smallest absolute Gasteiger partial charge is 0.407 e. The highest BCUT2D eigenvalue weighted by Gasteiger charge is 2.20. The minimum atomic E-state index is -0.937. The van der Waals surface area contributed by atoms with E-state index in [0.717, 1.165) is 11.1 Å². The largest absolute Gasteiger partial charge is 0.491 e. The minimum Gasteiger partial charge on any atom is -0.491 e. The van der Waals surface area contributed by atoms with E-state index in [9.17, 15) is 14.0 Å². The number of carbonyl (C=O) groups is 2. The Morgan fingerprint density at radius 3 is 2.56 bits per heavy atom. The zero-order valence-corrected chi connectivity index (χ0v) is 14.8. The number of hydrogen-bond donors (Lipinski definition) is 3. The summed E-state index contributed by atoms with van der Waals surface area (Å²) in [4.78, 5) is 24.6. The molecule has 0 spiro atoms. The molecule has 0 unspecified atom stereocenters. The third-order valence-corrected chi connectivity index (χ3v) is 4.24. The van der Waals surface area contributed by atoms with Crippen molar-refractivity contribution < 1.29 is 23.8 Å². The lowest BCUT2D eigenvalue weighted by atomic mass is 9.99. The number of ether oxygens (including phenoxy) is 1. The maximum Gasteiger partial charge on any atom is 0.407 e. The highest BCUT2D eigenvalue weighted by molar-refractivity contribution is 5.99. The number of rotatable bonds is 4. The van der Waals surface area contributed by atoms with Crippen LogP contribution in [0.4, 0.5) is 25.4 Å². The van der Waals surface area contributed by atoms with Gasteiger partial charge in [-0.3, -0.25) is 0 Å². The number of urea groups is 1. The standard InChI is InChI=1S/C19H20FN3O4/c1-2-27-17-10-15(5-6-16(17)20)22-18(24)21-14-4-3-13-11-23(19(25)26)8-7-12(13)9-14/h3-6,9-10H,2,7-8,11H2,1H3,(H,25,26)(H2,21,22,24). The van der Waals surface area contributed by atoms with Crippen molar-refractivity contribution in [1.82, 2.24) is 4.90 Å². The van der Waals surface area contributed by atoms with Gasteiger partial charge >= 0.3 is 12.1 Å². The van der Waals surface area contributed by atoms with Gasteiger partial charge in [-0.15, -0.1) is 0 Å². The normalized spacial score (nSPS) is 12.9. The summed E-state index contributed by atoms with van der Waals surface area (Å²) in [5.74, 6) is -0.417. The van der Waals surface area contributed by atoms with Crippen LogP contribution in [0.15, 0.2) is 36.4 Å². The highest BCUT2D eigenvalue weighted by atomic mass is 19.1. The van der Waals surface area contributed by atoms with Crippen LogP contribution in [0, 0.1) is 5.82 Å². The Hall–Kier alpha value is -3.29. The SMILES string of the molecule is CCOc1cc(NC(=O)Nc2ccc3c(c2)CCN(C(=O)O)C3)ccc1F. The number of anilines is 2. The van der Waals surface area contributed by atoms with Crippen molar-refractivity contribution in [3.8, 4) is 5.75 Å². The summed E-state index contributed by atoms with van der Waals surface area (Å²) in [6.07, 6.45) is -0.345. The molecule has 0 radical (unpaired) electrons. The molecule has 3 amide bonds. The van der Waals surface area contributed by atoms with Crippen molar-refractivity contribution >= 4 is 23.5 Å². The van der Waals surface area contributed by atoms with Gasteiger partial charge in [0.15, 0.2) is 11.6 Å². The van der Waals surface area contributed by atoms with E-state index in [1.54, 1.807) is 13.0 Å². The van der Waals surface area contributed by atoms with Gasteiger partial charge in [-0.05, 0) is 48.7 Å². The van der Waals surface area contributed by atoms with E-state index < -0.39 is 17.9 Å². The number of nitrogens with one attached hydrogen (secondary N) is 2. The Morgan fingerprint density at radius 1 is 1.15 bits per heavy atom. The summed E-state index contributed by atoms with van der Waals surface area (Å²) in [6.45, 7) is 2.83. The van der Waals surface area contributed by atoms with Gasteiger partial charge < -0.3 is 25.4 Å². The molecule has 2 aromatic rings. The maximum absolute atomic E-state index is 13.6. The number of halogens is 1. The summed E-state index contributed by atoms with van der Waals surface area (Å²) < 4.78 is 18.8. The monoisotopic (exact) mass is 373 g/mol. The zero-order valence-electron chi connectivity index (χ0n) is 14.8. The second kappa shape index (κ2) is 7.94. The predicted molar refractivity (Wildman–Crippen MR) is 98.8 cm³/mol. The van der Waals surface area contributed by atoms with Gasteiger partial charge in [0.2, 0.25) is 0 Å². The lowest BCUT2D eigenvalue weighted by Gasteiger charge is -2.26. The molecule has 0 saturated heterocycles. The Labute approximate surface area is 155 Å². The number of hydrogen-bond acceptors (Lipinski definition) is 3. The molecule has 27 heavy (non-hydrogen) atoms. The summed E-state index contributed by atoms with van der Waals surface area (Å²) in [5.41, 5.74) is 2.94. The molecule has 1 heterocycles. The van der Waals surface area contributed by atoms with Crippen molar-refractivity contribution in [2.24, 2.45) is 0 Å². The molecule has 0 fully saturated rings. The Balaban J connectivity index is 1.65. The van der Waals surface area contributed by atoms with Gasteiger partial charge in [0.05, 0.1) is 6.61 Å². The third-order valence-electron chi connectivity index (χ3n) is 4.24. The molecule has 3 N–H and O–H groups in total. The molecule has 142 valence electrons. The number of carboxylic acid groups (broad SMARTS) is 1. The fourth-order valence-electron chi connectivity index (χ4n) is 2.93. The number of amides is 3. The van der Waals surface area contributed by atoms with Crippen LogP contribution in [0.3, 0.4) is 0 Å². The Morgan fingerprint density at radius 2 is 1.85 bits per heavy atom. The molecule has 1 aliphatic rings. The average molecular weight is 373 g/mol. The van der Waals surface area contributed by atoms with E-state index in [4.69, 9.17) is 9.84 Å². The van der Waals surface area contributed by atoms with Crippen molar-refractivity contribution in [2.45, 2.75) is 19.9 Å². The van der Waals surface area contributed by atoms with Crippen LogP contribution in [0.1, 0.15) is 18.1 Å². The molecule has 0 saturated carbocycles. The average Bonchev–Trinajstić information content (AvgIpc) is 2.64. The lowest BCUT2D eigenvalue weighted by Crippen LogP contribution is -2.34. The van der Waals surface area contributed by atoms with Crippen LogP contribution in [0.25, 0.3) is 0 Å². The minimum absolute atomic E-state index is 0.0760. The topological polar surface area (TPSA) is 90.9 Å². The first kappa shape index (κ1) is 18.5. The summed E-state index contributed by atoms with van der Waals surface area (Å²) in [7, 11) is 0. The first-order valence-corrected chi connectivity index (χ1v) is 8.56. The second-order valence-electron chi connectivity index (χ2n) is 6.09. The van der Waals surface area contributed by atoms with E-state index in [-0.39, 0.29) is 5.75 Å². The van der Waals surface area contributed by atoms with Crippen LogP contribution in [0.2, 0.25) is 0 Å². The molecule has 0 aliphatic carbocycles. The molecule has 8 heteroatoms. The zero-order chi connectivity index (χ0) is 19.4. The lowest BCUT2D eigenvalue weighted by molar-refractivity contribution is 0.140. The first-order chi connectivity index (χ1) is 13.0. The molecule has 0 bridgehead atoms. The van der Waals surface area contributed by atoms with E-state index >= 15 is 0 Å². The van der Waals surface area contributed by atoms with E-state index in [0.29, 0.717) is 37.5 Å². The summed E-state index contributed by atoms with van der Waals surface area (Å²) in [5, 5.41) is 14.4. The Kier molecular flexibility index (Phi) is 5.44. The van der Waals surface area contributed by atoms with Gasteiger partial charge in [-0.2, -0.15) is 0 Å². The molecule has 0 aromatic heterocycles. The van der Waals surface area contributed by atoms with E-state index in [2.05, 4.69) is 10.6 Å². The maximum atomic E-state index is 13.6. The molecule has 2 aromatic carbocycles. The third kappa shape index (κ3) is 4.46. The van der Waals surface area contributed by atoms with Crippen molar-refractivity contribution in [3.05, 3.63) is 53.3 Å². The van der Waals surface area contributed by atoms with Crippen LogP contribution < -0.4 is 15.4 Å². The van der Waals surface area contributed by atoms with Gasteiger partial charge in [0, 0.05) is 30.5 Å². The predicted octanol–water partition coefficient (Wildman–Crippen LogP) is 3.90. The quantitative estimate of drug-likeness (QED) is 0.758.